The van der Waals surface area contributed by atoms with Crippen molar-refractivity contribution in [2.45, 2.75) is 36.7 Å². The number of phenols is 2. The van der Waals surface area contributed by atoms with Gasteiger partial charge in [0.25, 0.3) is 5.60 Å². The first-order valence-electron chi connectivity index (χ1n) is 6.00. The maximum absolute atomic E-state index is 12.8. The smallest absolute Gasteiger partial charge is 0.430 e. The first kappa shape index (κ1) is 21.2. The van der Waals surface area contributed by atoms with Gasteiger partial charge in [0.1, 0.15) is 0 Å². The molecule has 0 fully saturated rings. The lowest BCUT2D eigenvalue weighted by molar-refractivity contribution is -0.376. The first-order chi connectivity index (χ1) is 10.8. The van der Waals surface area contributed by atoms with Crippen LogP contribution < -0.4 is 0 Å². The molecule has 144 valence electrons. The average molecular weight is 388 g/mol. The molecule has 0 aliphatic carbocycles. The molecule has 4 nitrogen and oxygen atoms in total. The van der Waals surface area contributed by atoms with E-state index >= 15 is 0 Å². The average Bonchev–Trinajstić information content (AvgIpc) is 2.36. The highest BCUT2D eigenvalue weighted by Gasteiger charge is 2.72. The van der Waals surface area contributed by atoms with Crippen LogP contribution in [0.25, 0.3) is 0 Å². The van der Waals surface area contributed by atoms with Gasteiger partial charge in [0, 0.05) is 5.56 Å². The summed E-state index contributed by atoms with van der Waals surface area (Å²) in [5.74, 6) is -4.00. The molecule has 1 rings (SSSR count). The molecule has 1 aromatic rings. The Hall–Kier alpha value is -1.89. The fraction of sp³-hybridized carbons (Fsp3) is 0.500. The second-order valence-corrected chi connectivity index (χ2v) is 5.17. The maximum Gasteiger partial charge on any atom is 0.430 e. The van der Waals surface area contributed by atoms with Crippen LogP contribution in [0.2, 0.25) is 0 Å². The summed E-state index contributed by atoms with van der Waals surface area (Å²) in [5.41, 5.74) is -14.0. The third-order valence-corrected chi connectivity index (χ3v) is 3.41. The minimum absolute atomic E-state index is 0.0111. The summed E-state index contributed by atoms with van der Waals surface area (Å²) in [6, 6.07) is -0.622. The summed E-state index contributed by atoms with van der Waals surface area (Å²) in [4.78, 5) is 0. The molecule has 0 saturated heterocycles. The Kier molecular flexibility index (Phi) is 4.70. The molecule has 4 N–H and O–H groups in total. The summed E-state index contributed by atoms with van der Waals surface area (Å²) in [5, 5.41) is 37.1. The van der Waals surface area contributed by atoms with Gasteiger partial charge in [0.15, 0.2) is 17.1 Å². The molecule has 1 atom stereocenters. The molecular formula is C12H9F9O4. The monoisotopic (exact) mass is 388 g/mol. The maximum atomic E-state index is 12.8. The zero-order valence-corrected chi connectivity index (χ0v) is 11.8. The molecule has 0 spiro atoms. The van der Waals surface area contributed by atoms with Gasteiger partial charge >= 0.3 is 18.5 Å². The fourth-order valence-corrected chi connectivity index (χ4v) is 1.81. The molecule has 0 heterocycles. The van der Waals surface area contributed by atoms with Gasteiger partial charge < -0.3 is 20.4 Å². The second kappa shape index (κ2) is 5.56. The van der Waals surface area contributed by atoms with Gasteiger partial charge in [-0.3, -0.25) is 0 Å². The lowest BCUT2D eigenvalue weighted by atomic mass is 9.85. The van der Waals surface area contributed by atoms with Crippen molar-refractivity contribution in [1.29, 1.82) is 0 Å². The van der Waals surface area contributed by atoms with Crippen LogP contribution in [0.3, 0.4) is 0 Å². The lowest BCUT2D eigenvalue weighted by Gasteiger charge is -2.34. The Labute approximate surface area is 132 Å². The highest BCUT2D eigenvalue weighted by atomic mass is 19.4. The predicted octanol–water partition coefficient (Wildman–Crippen LogP) is 3.18. The lowest BCUT2D eigenvalue weighted by Crippen LogP contribution is -2.54. The van der Waals surface area contributed by atoms with Crippen LogP contribution in [0.4, 0.5) is 39.5 Å². The normalized spacial score (nSPS) is 16.6. The minimum atomic E-state index is -6.53. The summed E-state index contributed by atoms with van der Waals surface area (Å²) in [7, 11) is 0. The minimum Gasteiger partial charge on any atom is -0.504 e. The van der Waals surface area contributed by atoms with Gasteiger partial charge in [-0.2, -0.15) is 39.5 Å². The highest BCUT2D eigenvalue weighted by molar-refractivity contribution is 5.52. The number of hydrogen-bond donors (Lipinski definition) is 4. The Balaban J connectivity index is 3.89. The number of rotatable bonds is 2. The molecule has 0 bridgehead atoms. The van der Waals surface area contributed by atoms with Crippen LogP contribution in [0, 0.1) is 0 Å². The second-order valence-electron chi connectivity index (χ2n) is 5.17. The molecule has 25 heavy (non-hydrogen) atoms. The van der Waals surface area contributed by atoms with E-state index in [9.17, 15) is 54.8 Å². The molecule has 0 amide bonds. The van der Waals surface area contributed by atoms with Crippen LogP contribution in [0.15, 0.2) is 12.1 Å². The van der Waals surface area contributed by atoms with Crippen molar-refractivity contribution >= 4 is 0 Å². The van der Waals surface area contributed by atoms with Crippen molar-refractivity contribution in [3.63, 3.8) is 0 Å². The van der Waals surface area contributed by atoms with Crippen LogP contribution >= 0.6 is 0 Å². The molecular weight excluding hydrogens is 379 g/mol. The Morgan fingerprint density at radius 3 is 1.44 bits per heavy atom. The quantitative estimate of drug-likeness (QED) is 0.464. The standard InChI is InChI=1S/C12H9F9O4/c1-8(24,10(13,14)15)4-2-5(7(23)6(22)3-4)9(25,11(16,17)18)12(19,20)21/h2-3,22-25H,1H3. The summed E-state index contributed by atoms with van der Waals surface area (Å²) >= 11 is 0. The Morgan fingerprint density at radius 2 is 1.12 bits per heavy atom. The van der Waals surface area contributed by atoms with Crippen LogP contribution in [0.1, 0.15) is 18.1 Å². The fourth-order valence-electron chi connectivity index (χ4n) is 1.81. The third-order valence-electron chi connectivity index (χ3n) is 3.41. The topological polar surface area (TPSA) is 80.9 Å². The van der Waals surface area contributed by atoms with E-state index in [2.05, 4.69) is 0 Å². The van der Waals surface area contributed by atoms with Crippen LogP contribution in [-0.4, -0.2) is 39.0 Å². The molecule has 1 aromatic carbocycles. The number of aromatic hydroxyl groups is 2. The van der Waals surface area contributed by atoms with E-state index in [-0.39, 0.29) is 13.0 Å². The zero-order chi connectivity index (χ0) is 20.2. The Morgan fingerprint density at radius 1 is 0.720 bits per heavy atom. The van der Waals surface area contributed by atoms with E-state index < -0.39 is 58.4 Å². The molecule has 0 aromatic heterocycles. The molecule has 1 unspecified atom stereocenters. The Bertz CT molecular complexity index is 644. The largest absolute Gasteiger partial charge is 0.504 e. The molecule has 13 heteroatoms. The van der Waals surface area contributed by atoms with Crippen LogP contribution in [-0.2, 0) is 11.2 Å². The van der Waals surface area contributed by atoms with Crippen LogP contribution in [0.5, 0.6) is 11.5 Å². The SMILES string of the molecule is CC(O)(c1cc(O)c(O)c(C(O)(C(F)(F)F)C(F)(F)F)c1)C(F)(F)F. The van der Waals surface area contributed by atoms with Gasteiger partial charge in [-0.15, -0.1) is 0 Å². The zero-order valence-electron chi connectivity index (χ0n) is 11.8. The van der Waals surface area contributed by atoms with Crippen molar-refractivity contribution in [2.75, 3.05) is 0 Å². The molecule has 0 aliphatic heterocycles. The van der Waals surface area contributed by atoms with Crippen molar-refractivity contribution in [2.24, 2.45) is 0 Å². The van der Waals surface area contributed by atoms with E-state index in [1.807, 2.05) is 0 Å². The number of benzene rings is 1. The van der Waals surface area contributed by atoms with Crippen molar-refractivity contribution in [3.8, 4) is 11.5 Å². The van der Waals surface area contributed by atoms with Gasteiger partial charge in [-0.1, -0.05) is 0 Å². The first-order valence-corrected chi connectivity index (χ1v) is 6.00. The van der Waals surface area contributed by atoms with Gasteiger partial charge in [0.2, 0.25) is 0 Å². The number of alkyl halides is 9. The third kappa shape index (κ3) is 3.17. The summed E-state index contributed by atoms with van der Waals surface area (Å²) < 4.78 is 115. The molecule has 0 saturated carbocycles. The van der Waals surface area contributed by atoms with E-state index in [1.165, 1.54) is 0 Å². The molecule has 0 radical (unpaired) electrons. The summed E-state index contributed by atoms with van der Waals surface area (Å²) in [6.45, 7) is -0.0111. The van der Waals surface area contributed by atoms with E-state index in [1.54, 1.807) is 0 Å². The number of phenolic OH excluding ortho intramolecular Hbond substituents is 2. The van der Waals surface area contributed by atoms with Crippen molar-refractivity contribution in [1.82, 2.24) is 0 Å². The van der Waals surface area contributed by atoms with E-state index in [0.29, 0.717) is 0 Å². The summed E-state index contributed by atoms with van der Waals surface area (Å²) in [6.07, 6.45) is -18.6. The molecule has 0 aliphatic rings. The van der Waals surface area contributed by atoms with E-state index in [4.69, 9.17) is 5.11 Å². The van der Waals surface area contributed by atoms with Gasteiger partial charge in [-0.05, 0) is 24.6 Å². The van der Waals surface area contributed by atoms with Crippen molar-refractivity contribution in [3.05, 3.63) is 23.3 Å². The number of aliphatic hydroxyl groups is 2. The van der Waals surface area contributed by atoms with Gasteiger partial charge in [0.05, 0.1) is 0 Å². The highest BCUT2D eigenvalue weighted by Crippen LogP contribution is 2.55. The predicted molar refractivity (Wildman–Crippen MR) is 61.4 cm³/mol. The van der Waals surface area contributed by atoms with E-state index in [0.717, 1.165) is 0 Å². The number of hydrogen-bond acceptors (Lipinski definition) is 4. The van der Waals surface area contributed by atoms with Gasteiger partial charge in [-0.25, -0.2) is 0 Å². The van der Waals surface area contributed by atoms with Crippen molar-refractivity contribution < 1.29 is 59.9 Å². The number of halogens is 9.